The molecule has 0 atom stereocenters. The maximum atomic E-state index is 10.7. The summed E-state index contributed by atoms with van der Waals surface area (Å²) in [5.74, 6) is 0.401. The normalized spacial score (nSPS) is 11.6. The highest BCUT2D eigenvalue weighted by Gasteiger charge is 2.27. The lowest BCUT2D eigenvalue weighted by Crippen LogP contribution is -2.17. The smallest absolute Gasteiger partial charge is 0.123 e. The Kier molecular flexibility index (Phi) is 7.77. The van der Waals surface area contributed by atoms with Crippen molar-refractivity contribution in [3.05, 3.63) is 33.6 Å². The van der Waals surface area contributed by atoms with Crippen LogP contribution in [0.2, 0.25) is 0 Å². The molecular formula is C18H28Cl2N2OS. The lowest BCUT2D eigenvalue weighted by molar-refractivity contribution is 0.423. The number of nitrogens with zero attached hydrogens (tertiary/aromatic N) is 1. The molecule has 24 heavy (non-hydrogen) atoms. The monoisotopic (exact) mass is 390 g/mol. The average Bonchev–Trinajstić information content (AvgIpc) is 2.85. The summed E-state index contributed by atoms with van der Waals surface area (Å²) in [6.07, 6.45) is 0. The molecule has 1 aromatic heterocycles. The van der Waals surface area contributed by atoms with E-state index in [1.54, 1.807) is 11.3 Å². The van der Waals surface area contributed by atoms with Crippen LogP contribution in [0, 0.1) is 0 Å². The Bertz CT molecular complexity index is 650. The first kappa shape index (κ1) is 23.2. The molecule has 0 amide bonds. The number of benzene rings is 1. The highest BCUT2D eigenvalue weighted by Crippen LogP contribution is 2.41. The van der Waals surface area contributed by atoms with E-state index in [-0.39, 0.29) is 35.6 Å². The molecule has 0 spiro atoms. The van der Waals surface area contributed by atoms with E-state index in [1.807, 2.05) is 5.38 Å². The number of phenols is 1. The third kappa shape index (κ3) is 4.85. The first-order valence-electron chi connectivity index (χ1n) is 7.57. The van der Waals surface area contributed by atoms with E-state index in [0.717, 1.165) is 27.4 Å². The van der Waals surface area contributed by atoms with Gasteiger partial charge in [-0.3, -0.25) is 0 Å². The molecule has 6 heteroatoms. The molecule has 0 aliphatic heterocycles. The SMILES string of the molecule is CC(C)(C)c1cc(-c2csc(CN)n2)cc(C(C)(C)C)c1O.Cl.Cl. The average molecular weight is 391 g/mol. The van der Waals surface area contributed by atoms with Crippen molar-refractivity contribution in [1.82, 2.24) is 4.98 Å². The van der Waals surface area contributed by atoms with Crippen molar-refractivity contribution < 1.29 is 5.11 Å². The number of aromatic hydroxyl groups is 1. The van der Waals surface area contributed by atoms with Crippen LogP contribution in [-0.4, -0.2) is 10.1 Å². The minimum atomic E-state index is -0.132. The van der Waals surface area contributed by atoms with Gasteiger partial charge in [0, 0.05) is 28.6 Å². The van der Waals surface area contributed by atoms with Gasteiger partial charge in [0.05, 0.1) is 5.69 Å². The Morgan fingerprint density at radius 1 is 1.00 bits per heavy atom. The molecule has 0 fully saturated rings. The standard InChI is InChI=1S/C18H26N2OS.2ClH/c1-17(2,3)12-7-11(14-10-22-15(9-19)20-14)8-13(16(12)21)18(4,5)6;;/h7-8,10,21H,9,19H2,1-6H3;2*1H. The van der Waals surface area contributed by atoms with Crippen LogP contribution < -0.4 is 5.73 Å². The second kappa shape index (κ2) is 8.05. The first-order valence-corrected chi connectivity index (χ1v) is 8.45. The van der Waals surface area contributed by atoms with Gasteiger partial charge in [0.25, 0.3) is 0 Å². The third-order valence-corrected chi connectivity index (χ3v) is 4.62. The van der Waals surface area contributed by atoms with Gasteiger partial charge < -0.3 is 10.8 Å². The van der Waals surface area contributed by atoms with Gasteiger partial charge in [-0.25, -0.2) is 4.98 Å². The largest absolute Gasteiger partial charge is 0.507 e. The van der Waals surface area contributed by atoms with Crippen molar-refractivity contribution >= 4 is 36.2 Å². The van der Waals surface area contributed by atoms with Crippen LogP contribution in [0.25, 0.3) is 11.3 Å². The van der Waals surface area contributed by atoms with Crippen molar-refractivity contribution in [3.63, 3.8) is 0 Å². The van der Waals surface area contributed by atoms with Crippen molar-refractivity contribution in [1.29, 1.82) is 0 Å². The van der Waals surface area contributed by atoms with Crippen LogP contribution in [0.4, 0.5) is 0 Å². The molecule has 0 saturated heterocycles. The van der Waals surface area contributed by atoms with Gasteiger partial charge in [-0.1, -0.05) is 41.5 Å². The first-order chi connectivity index (χ1) is 10.0. The Labute approximate surface area is 161 Å². The zero-order chi connectivity index (χ0) is 16.7. The second-order valence-electron chi connectivity index (χ2n) is 7.75. The molecule has 0 saturated carbocycles. The molecule has 0 radical (unpaired) electrons. The van der Waals surface area contributed by atoms with E-state index in [1.165, 1.54) is 0 Å². The summed E-state index contributed by atoms with van der Waals surface area (Å²) in [7, 11) is 0. The van der Waals surface area contributed by atoms with Crippen molar-refractivity contribution in [3.8, 4) is 17.0 Å². The summed E-state index contributed by atoms with van der Waals surface area (Å²) < 4.78 is 0. The number of hydrogen-bond donors (Lipinski definition) is 2. The number of phenolic OH excluding ortho intramolecular Hbond substituents is 1. The fraction of sp³-hybridized carbons (Fsp3) is 0.500. The quantitative estimate of drug-likeness (QED) is 0.719. The number of aromatic nitrogens is 1. The summed E-state index contributed by atoms with van der Waals surface area (Å²) >= 11 is 1.58. The molecule has 2 aromatic rings. The fourth-order valence-corrected chi connectivity index (χ4v) is 3.15. The molecule has 2 rings (SSSR count). The highest BCUT2D eigenvalue weighted by atomic mass is 35.5. The van der Waals surface area contributed by atoms with E-state index >= 15 is 0 Å². The molecule has 3 nitrogen and oxygen atoms in total. The summed E-state index contributed by atoms with van der Waals surface area (Å²) in [4.78, 5) is 4.59. The third-order valence-electron chi connectivity index (χ3n) is 3.75. The fourth-order valence-electron chi connectivity index (χ4n) is 2.46. The number of halogens is 2. The highest BCUT2D eigenvalue weighted by molar-refractivity contribution is 7.09. The molecule has 1 heterocycles. The van der Waals surface area contributed by atoms with Crippen molar-refractivity contribution in [2.75, 3.05) is 0 Å². The van der Waals surface area contributed by atoms with E-state index in [0.29, 0.717) is 12.3 Å². The van der Waals surface area contributed by atoms with Gasteiger partial charge in [-0.05, 0) is 23.0 Å². The van der Waals surface area contributed by atoms with E-state index in [2.05, 4.69) is 58.7 Å². The van der Waals surface area contributed by atoms with Gasteiger partial charge >= 0.3 is 0 Å². The Morgan fingerprint density at radius 2 is 1.46 bits per heavy atom. The second-order valence-corrected chi connectivity index (χ2v) is 8.69. The van der Waals surface area contributed by atoms with E-state index in [9.17, 15) is 5.11 Å². The maximum absolute atomic E-state index is 10.7. The van der Waals surface area contributed by atoms with Gasteiger partial charge in [-0.15, -0.1) is 36.2 Å². The number of thiazole rings is 1. The summed E-state index contributed by atoms with van der Waals surface area (Å²) in [5, 5.41) is 13.7. The molecular weight excluding hydrogens is 363 g/mol. The predicted molar refractivity (Wildman–Crippen MR) is 109 cm³/mol. The number of rotatable bonds is 2. The van der Waals surface area contributed by atoms with Crippen LogP contribution >= 0.6 is 36.2 Å². The molecule has 1 aromatic carbocycles. The van der Waals surface area contributed by atoms with Crippen LogP contribution in [0.1, 0.15) is 57.7 Å². The maximum Gasteiger partial charge on any atom is 0.123 e. The van der Waals surface area contributed by atoms with Gasteiger partial charge in [0.1, 0.15) is 10.8 Å². The zero-order valence-electron chi connectivity index (χ0n) is 15.1. The Balaban J connectivity index is 0.00000264. The molecule has 0 bridgehead atoms. The van der Waals surface area contributed by atoms with E-state index < -0.39 is 0 Å². The van der Waals surface area contributed by atoms with Crippen LogP contribution in [0.5, 0.6) is 5.75 Å². The molecule has 136 valence electrons. The number of hydrogen-bond acceptors (Lipinski definition) is 4. The van der Waals surface area contributed by atoms with Crippen LogP contribution in [0.3, 0.4) is 0 Å². The molecule has 0 aliphatic carbocycles. The minimum Gasteiger partial charge on any atom is -0.507 e. The van der Waals surface area contributed by atoms with Gasteiger partial charge in [-0.2, -0.15) is 0 Å². The minimum absolute atomic E-state index is 0. The number of nitrogens with two attached hydrogens (primary N) is 1. The summed E-state index contributed by atoms with van der Waals surface area (Å²) in [5.41, 5.74) is 9.30. The zero-order valence-corrected chi connectivity index (χ0v) is 17.6. The molecule has 3 N–H and O–H groups in total. The predicted octanol–water partition coefficient (Wildman–Crippen LogP) is 5.41. The van der Waals surface area contributed by atoms with E-state index in [4.69, 9.17) is 5.73 Å². The van der Waals surface area contributed by atoms with Crippen molar-refractivity contribution in [2.24, 2.45) is 5.73 Å². The summed E-state index contributed by atoms with van der Waals surface area (Å²) in [6, 6.07) is 4.11. The lowest BCUT2D eigenvalue weighted by Gasteiger charge is -2.28. The van der Waals surface area contributed by atoms with Crippen LogP contribution in [0.15, 0.2) is 17.5 Å². The van der Waals surface area contributed by atoms with Crippen LogP contribution in [-0.2, 0) is 17.4 Å². The topological polar surface area (TPSA) is 59.1 Å². The molecule has 0 unspecified atom stereocenters. The van der Waals surface area contributed by atoms with Crippen molar-refractivity contribution in [2.45, 2.75) is 58.9 Å². The Hall–Kier alpha value is -0.810. The van der Waals surface area contributed by atoms with Gasteiger partial charge in [0.2, 0.25) is 0 Å². The molecule has 0 aliphatic rings. The van der Waals surface area contributed by atoms with Gasteiger partial charge in [0.15, 0.2) is 0 Å². The Morgan fingerprint density at radius 3 is 1.79 bits per heavy atom. The lowest BCUT2D eigenvalue weighted by atomic mass is 9.78. The summed E-state index contributed by atoms with van der Waals surface area (Å²) in [6.45, 7) is 13.2.